The average Bonchev–Trinajstić information content (AvgIpc) is 2.96. The molecule has 1 aliphatic rings. The second-order valence-electron chi connectivity index (χ2n) is 7.09. The fraction of sp³-hybridized carbons (Fsp3) is 0.474. The van der Waals surface area contributed by atoms with Crippen LogP contribution in [0.2, 0.25) is 0 Å². The van der Waals surface area contributed by atoms with Crippen molar-refractivity contribution in [1.29, 1.82) is 0 Å². The van der Waals surface area contributed by atoms with E-state index in [2.05, 4.69) is 57.2 Å². The standard InChI is InChI=1S/C19H24OS/c1-19(2,3)17-12-11-16(21-17)18(20)15-10-6-8-13-7-4-5-9-14(13)15/h4-5,7,9,11-12,15,18,20H,6,8,10H2,1-3H3. The highest BCUT2D eigenvalue weighted by Gasteiger charge is 2.29. The van der Waals surface area contributed by atoms with Crippen LogP contribution in [-0.2, 0) is 11.8 Å². The summed E-state index contributed by atoms with van der Waals surface area (Å²) >= 11 is 1.77. The molecule has 2 heteroatoms. The monoisotopic (exact) mass is 300 g/mol. The Labute approximate surface area is 131 Å². The predicted molar refractivity (Wildman–Crippen MR) is 90.1 cm³/mol. The Hall–Kier alpha value is -1.12. The molecular weight excluding hydrogens is 276 g/mol. The maximum atomic E-state index is 10.9. The number of benzene rings is 1. The lowest BCUT2D eigenvalue weighted by Crippen LogP contribution is -2.16. The number of aryl methyl sites for hydroxylation is 1. The van der Waals surface area contributed by atoms with E-state index in [1.54, 1.807) is 11.3 Å². The van der Waals surface area contributed by atoms with Gasteiger partial charge in [-0.3, -0.25) is 0 Å². The summed E-state index contributed by atoms with van der Waals surface area (Å²) in [6, 6.07) is 12.9. The summed E-state index contributed by atoms with van der Waals surface area (Å²) in [7, 11) is 0. The van der Waals surface area contributed by atoms with Gasteiger partial charge in [0.05, 0.1) is 6.10 Å². The first-order valence-electron chi connectivity index (χ1n) is 7.83. The topological polar surface area (TPSA) is 20.2 Å². The zero-order valence-electron chi connectivity index (χ0n) is 13.1. The van der Waals surface area contributed by atoms with Crippen LogP contribution in [0.5, 0.6) is 0 Å². The molecule has 2 atom stereocenters. The smallest absolute Gasteiger partial charge is 0.0950 e. The van der Waals surface area contributed by atoms with Crippen LogP contribution in [0.3, 0.4) is 0 Å². The van der Waals surface area contributed by atoms with E-state index in [-0.39, 0.29) is 17.4 Å². The third-order valence-electron chi connectivity index (χ3n) is 4.45. The Morgan fingerprint density at radius 2 is 1.90 bits per heavy atom. The van der Waals surface area contributed by atoms with Crippen molar-refractivity contribution in [2.24, 2.45) is 0 Å². The minimum Gasteiger partial charge on any atom is -0.387 e. The Bertz CT molecular complexity index is 620. The fourth-order valence-corrected chi connectivity index (χ4v) is 4.35. The first-order chi connectivity index (χ1) is 9.97. The van der Waals surface area contributed by atoms with E-state index >= 15 is 0 Å². The molecule has 0 spiro atoms. The van der Waals surface area contributed by atoms with Crippen molar-refractivity contribution >= 4 is 11.3 Å². The average molecular weight is 300 g/mol. The largest absolute Gasteiger partial charge is 0.387 e. The molecule has 112 valence electrons. The maximum Gasteiger partial charge on any atom is 0.0950 e. The summed E-state index contributed by atoms with van der Waals surface area (Å²) < 4.78 is 0. The second-order valence-corrected chi connectivity index (χ2v) is 8.21. The van der Waals surface area contributed by atoms with Crippen molar-refractivity contribution < 1.29 is 5.11 Å². The van der Waals surface area contributed by atoms with Gasteiger partial charge in [-0.1, -0.05) is 45.0 Å². The highest BCUT2D eigenvalue weighted by Crippen LogP contribution is 2.43. The Balaban J connectivity index is 1.89. The molecule has 1 aliphatic carbocycles. The molecule has 3 rings (SSSR count). The second kappa shape index (κ2) is 5.58. The minimum absolute atomic E-state index is 0.160. The van der Waals surface area contributed by atoms with Gasteiger partial charge in [-0.15, -0.1) is 11.3 Å². The number of aliphatic hydroxyl groups is 1. The van der Waals surface area contributed by atoms with Crippen LogP contribution in [0.15, 0.2) is 36.4 Å². The summed E-state index contributed by atoms with van der Waals surface area (Å²) in [6.45, 7) is 6.68. The molecule has 0 saturated heterocycles. The lowest BCUT2D eigenvalue weighted by atomic mass is 9.79. The number of thiophene rings is 1. The van der Waals surface area contributed by atoms with Gasteiger partial charge < -0.3 is 5.11 Å². The van der Waals surface area contributed by atoms with Crippen LogP contribution >= 0.6 is 11.3 Å². The molecule has 2 unspecified atom stereocenters. The maximum absolute atomic E-state index is 10.9. The number of rotatable bonds is 2. The highest BCUT2D eigenvalue weighted by molar-refractivity contribution is 7.12. The van der Waals surface area contributed by atoms with Gasteiger partial charge in [-0.05, 0) is 47.9 Å². The van der Waals surface area contributed by atoms with E-state index in [9.17, 15) is 5.11 Å². The normalized spacial score (nSPS) is 20.1. The molecular formula is C19H24OS. The molecule has 0 aliphatic heterocycles. The number of aliphatic hydroxyl groups excluding tert-OH is 1. The molecule has 1 N–H and O–H groups in total. The first-order valence-corrected chi connectivity index (χ1v) is 8.64. The van der Waals surface area contributed by atoms with Crippen molar-refractivity contribution in [2.45, 2.75) is 57.5 Å². The molecule has 0 radical (unpaired) electrons. The van der Waals surface area contributed by atoms with Crippen LogP contribution < -0.4 is 0 Å². The first kappa shape index (κ1) is 14.8. The van der Waals surface area contributed by atoms with E-state index < -0.39 is 0 Å². The van der Waals surface area contributed by atoms with E-state index in [0.717, 1.165) is 17.7 Å². The summed E-state index contributed by atoms with van der Waals surface area (Å²) in [4.78, 5) is 2.46. The van der Waals surface area contributed by atoms with Crippen molar-refractivity contribution in [3.05, 3.63) is 57.3 Å². The van der Waals surface area contributed by atoms with Gasteiger partial charge in [-0.2, -0.15) is 0 Å². The van der Waals surface area contributed by atoms with Gasteiger partial charge in [0.25, 0.3) is 0 Å². The van der Waals surface area contributed by atoms with Crippen molar-refractivity contribution in [3.8, 4) is 0 Å². The predicted octanol–water partition coefficient (Wildman–Crippen LogP) is 5.20. The van der Waals surface area contributed by atoms with Crippen molar-refractivity contribution in [2.75, 3.05) is 0 Å². The number of hydrogen-bond donors (Lipinski definition) is 1. The van der Waals surface area contributed by atoms with Crippen molar-refractivity contribution in [1.82, 2.24) is 0 Å². The van der Waals surface area contributed by atoms with Crippen LogP contribution in [0.1, 0.15) is 66.5 Å². The van der Waals surface area contributed by atoms with Crippen LogP contribution in [0, 0.1) is 0 Å². The lowest BCUT2D eigenvalue weighted by molar-refractivity contribution is 0.139. The molecule has 0 amide bonds. The van der Waals surface area contributed by atoms with E-state index in [1.165, 1.54) is 22.4 Å². The van der Waals surface area contributed by atoms with Gasteiger partial charge in [0.2, 0.25) is 0 Å². The van der Waals surface area contributed by atoms with E-state index in [0.29, 0.717) is 0 Å². The molecule has 0 bridgehead atoms. The van der Waals surface area contributed by atoms with E-state index in [4.69, 9.17) is 0 Å². The van der Waals surface area contributed by atoms with Gasteiger partial charge in [0.15, 0.2) is 0 Å². The lowest BCUT2D eigenvalue weighted by Gasteiger charge is -2.29. The van der Waals surface area contributed by atoms with Gasteiger partial charge in [0, 0.05) is 15.7 Å². The highest BCUT2D eigenvalue weighted by atomic mass is 32.1. The molecule has 0 fully saturated rings. The summed E-state index contributed by atoms with van der Waals surface area (Å²) in [5, 5.41) is 10.9. The summed E-state index contributed by atoms with van der Waals surface area (Å²) in [6.07, 6.45) is 3.04. The summed E-state index contributed by atoms with van der Waals surface area (Å²) in [5.41, 5.74) is 2.93. The van der Waals surface area contributed by atoms with Crippen LogP contribution in [0.4, 0.5) is 0 Å². The zero-order chi connectivity index (χ0) is 15.0. The summed E-state index contributed by atoms with van der Waals surface area (Å²) in [5.74, 6) is 0.251. The quantitative estimate of drug-likeness (QED) is 0.808. The molecule has 2 aromatic rings. The third-order valence-corrected chi connectivity index (χ3v) is 6.04. The van der Waals surface area contributed by atoms with Crippen LogP contribution in [-0.4, -0.2) is 5.11 Å². The van der Waals surface area contributed by atoms with Gasteiger partial charge in [-0.25, -0.2) is 0 Å². The van der Waals surface area contributed by atoms with Crippen molar-refractivity contribution in [3.63, 3.8) is 0 Å². The minimum atomic E-state index is -0.368. The molecule has 1 aromatic carbocycles. The molecule has 1 nitrogen and oxygen atoms in total. The zero-order valence-corrected chi connectivity index (χ0v) is 13.9. The van der Waals surface area contributed by atoms with Gasteiger partial charge in [0.1, 0.15) is 0 Å². The molecule has 1 heterocycles. The SMILES string of the molecule is CC(C)(C)c1ccc(C(O)C2CCCc3ccccc32)s1. The molecule has 0 saturated carbocycles. The Morgan fingerprint density at radius 1 is 1.14 bits per heavy atom. The third kappa shape index (κ3) is 2.93. The molecule has 1 aromatic heterocycles. The van der Waals surface area contributed by atoms with Crippen LogP contribution in [0.25, 0.3) is 0 Å². The van der Waals surface area contributed by atoms with Gasteiger partial charge >= 0.3 is 0 Å². The van der Waals surface area contributed by atoms with E-state index in [1.807, 2.05) is 0 Å². The number of fused-ring (bicyclic) bond motifs is 1. The number of hydrogen-bond acceptors (Lipinski definition) is 2. The Morgan fingerprint density at radius 3 is 2.62 bits per heavy atom. The Kier molecular flexibility index (Phi) is 3.94. The molecule has 21 heavy (non-hydrogen) atoms. The fourth-order valence-electron chi connectivity index (χ4n) is 3.23.